The molecule has 0 saturated carbocycles. The van der Waals surface area contributed by atoms with Crippen LogP contribution in [0.15, 0.2) is 54.7 Å². The highest BCUT2D eigenvalue weighted by molar-refractivity contribution is 5.98. The molecule has 1 aromatic carbocycles. The first-order valence-corrected chi connectivity index (χ1v) is 7.68. The number of aromatic nitrogens is 3. The van der Waals surface area contributed by atoms with E-state index in [-0.39, 0.29) is 0 Å². The summed E-state index contributed by atoms with van der Waals surface area (Å²) in [5, 5.41) is 4.51. The molecule has 0 fully saturated rings. The van der Waals surface area contributed by atoms with E-state index in [2.05, 4.69) is 10.1 Å². The van der Waals surface area contributed by atoms with Gasteiger partial charge in [0.15, 0.2) is 0 Å². The maximum atomic E-state index is 11.7. The Kier molecular flexibility index (Phi) is 4.56. The Labute approximate surface area is 139 Å². The van der Waals surface area contributed by atoms with Gasteiger partial charge in [-0.05, 0) is 13.0 Å². The molecule has 2 heterocycles. The molecule has 6 heteroatoms. The Balaban J connectivity index is 1.92. The molecule has 0 aliphatic rings. The molecule has 0 saturated heterocycles. The molecule has 122 valence electrons. The summed E-state index contributed by atoms with van der Waals surface area (Å²) < 4.78 is 7.07. The third-order valence-electron chi connectivity index (χ3n) is 3.47. The Morgan fingerprint density at radius 1 is 1.17 bits per heavy atom. The molecule has 3 aromatic rings. The van der Waals surface area contributed by atoms with E-state index < -0.39 is 5.91 Å². The molecule has 0 radical (unpaired) electrons. The zero-order valence-corrected chi connectivity index (χ0v) is 13.3. The second-order valence-corrected chi connectivity index (χ2v) is 5.22. The summed E-state index contributed by atoms with van der Waals surface area (Å²) in [6.07, 6.45) is 1.65. The number of amides is 1. The van der Waals surface area contributed by atoms with Crippen LogP contribution in [0.25, 0.3) is 11.3 Å². The van der Waals surface area contributed by atoms with E-state index in [9.17, 15) is 4.79 Å². The van der Waals surface area contributed by atoms with E-state index in [1.54, 1.807) is 16.9 Å². The van der Waals surface area contributed by atoms with Gasteiger partial charge in [0.1, 0.15) is 5.69 Å². The summed E-state index contributed by atoms with van der Waals surface area (Å²) in [4.78, 5) is 16.1. The quantitative estimate of drug-likeness (QED) is 0.756. The summed E-state index contributed by atoms with van der Waals surface area (Å²) >= 11 is 0. The minimum atomic E-state index is -0.504. The van der Waals surface area contributed by atoms with Crippen molar-refractivity contribution in [3.05, 3.63) is 66.0 Å². The fourth-order valence-electron chi connectivity index (χ4n) is 2.43. The molecule has 24 heavy (non-hydrogen) atoms. The highest BCUT2D eigenvalue weighted by atomic mass is 16.5. The Morgan fingerprint density at radius 2 is 1.96 bits per heavy atom. The molecular weight excluding hydrogens is 304 g/mol. The molecule has 3 rings (SSSR count). The molecule has 6 nitrogen and oxygen atoms in total. The van der Waals surface area contributed by atoms with E-state index in [0.29, 0.717) is 30.3 Å². The van der Waals surface area contributed by atoms with Crippen LogP contribution in [-0.2, 0) is 6.54 Å². The zero-order chi connectivity index (χ0) is 16.9. The number of pyridine rings is 1. The van der Waals surface area contributed by atoms with Crippen molar-refractivity contribution < 1.29 is 9.53 Å². The topological polar surface area (TPSA) is 83.0 Å². The number of carbonyl (C=O) groups excluding carboxylic acids is 1. The number of rotatable bonds is 6. The number of carbonyl (C=O) groups is 1. The summed E-state index contributed by atoms with van der Waals surface area (Å²) in [6, 6.07) is 15.1. The van der Waals surface area contributed by atoms with Gasteiger partial charge in [-0.2, -0.15) is 5.10 Å². The first kappa shape index (κ1) is 15.7. The van der Waals surface area contributed by atoms with Crippen LogP contribution in [0.5, 0.6) is 5.88 Å². The first-order valence-electron chi connectivity index (χ1n) is 7.68. The Hall–Kier alpha value is -3.15. The number of ether oxygens (including phenoxy) is 1. The van der Waals surface area contributed by atoms with Crippen molar-refractivity contribution in [2.24, 2.45) is 5.73 Å². The third-order valence-corrected chi connectivity index (χ3v) is 3.47. The third kappa shape index (κ3) is 3.43. The van der Waals surface area contributed by atoms with Gasteiger partial charge in [0.25, 0.3) is 5.91 Å². The number of nitrogens with zero attached hydrogens (tertiary/aromatic N) is 3. The van der Waals surface area contributed by atoms with E-state index in [1.807, 2.05) is 49.4 Å². The van der Waals surface area contributed by atoms with Crippen molar-refractivity contribution >= 4 is 5.91 Å². The second kappa shape index (κ2) is 6.95. The van der Waals surface area contributed by atoms with E-state index in [0.717, 1.165) is 11.3 Å². The fourth-order valence-corrected chi connectivity index (χ4v) is 2.43. The van der Waals surface area contributed by atoms with Crippen molar-refractivity contribution in [1.82, 2.24) is 14.8 Å². The highest BCUT2D eigenvalue weighted by Gasteiger charge is 2.15. The molecule has 2 N–H and O–H groups in total. The van der Waals surface area contributed by atoms with Crippen molar-refractivity contribution in [2.75, 3.05) is 6.61 Å². The Morgan fingerprint density at radius 3 is 2.67 bits per heavy atom. The Bertz CT molecular complexity index is 843. The predicted molar refractivity (Wildman–Crippen MR) is 90.7 cm³/mol. The minimum Gasteiger partial charge on any atom is -0.478 e. The summed E-state index contributed by atoms with van der Waals surface area (Å²) in [5.74, 6) is 0.0664. The van der Waals surface area contributed by atoms with Gasteiger partial charge in [0.2, 0.25) is 5.88 Å². The number of hydrogen-bond acceptors (Lipinski definition) is 4. The maximum absolute atomic E-state index is 11.7. The molecule has 0 aliphatic carbocycles. The number of benzene rings is 1. The monoisotopic (exact) mass is 322 g/mol. The van der Waals surface area contributed by atoms with E-state index >= 15 is 0 Å². The lowest BCUT2D eigenvalue weighted by Gasteiger charge is -2.05. The molecule has 2 aromatic heterocycles. The lowest BCUT2D eigenvalue weighted by molar-refractivity contribution is 0.100. The van der Waals surface area contributed by atoms with Crippen molar-refractivity contribution in [1.29, 1.82) is 0 Å². The van der Waals surface area contributed by atoms with Crippen LogP contribution in [-0.4, -0.2) is 27.3 Å². The number of primary amides is 1. The van der Waals surface area contributed by atoms with Crippen LogP contribution in [0.4, 0.5) is 0 Å². The average molecular weight is 322 g/mol. The minimum absolute atomic E-state index is 0.391. The first-order chi connectivity index (χ1) is 11.7. The normalized spacial score (nSPS) is 10.5. The molecular formula is C18H18N4O2. The fraction of sp³-hybridized carbons (Fsp3) is 0.167. The van der Waals surface area contributed by atoms with Gasteiger partial charge in [-0.25, -0.2) is 4.98 Å². The van der Waals surface area contributed by atoms with Gasteiger partial charge < -0.3 is 10.5 Å². The number of hydrogen-bond donors (Lipinski definition) is 1. The summed E-state index contributed by atoms with van der Waals surface area (Å²) in [6.45, 7) is 2.89. The molecule has 0 unspecified atom stereocenters. The molecule has 0 bridgehead atoms. The van der Waals surface area contributed by atoms with Crippen LogP contribution in [0.1, 0.15) is 23.0 Å². The predicted octanol–water partition coefficient (Wildman–Crippen LogP) is 2.49. The van der Waals surface area contributed by atoms with Crippen LogP contribution < -0.4 is 10.5 Å². The molecule has 0 spiro atoms. The van der Waals surface area contributed by atoms with Gasteiger partial charge in [0.05, 0.1) is 24.4 Å². The molecule has 0 aliphatic heterocycles. The maximum Gasteiger partial charge on any atom is 0.252 e. The van der Waals surface area contributed by atoms with Gasteiger partial charge in [0, 0.05) is 17.8 Å². The standard InChI is InChI=1S/C18H18N4O2/c1-2-24-16-10-6-9-14(20-16)11-22-12-15(18(19)23)17(21-22)13-7-4-3-5-8-13/h3-10,12H,2,11H2,1H3,(H2,19,23). The smallest absolute Gasteiger partial charge is 0.252 e. The van der Waals surface area contributed by atoms with Gasteiger partial charge in [-0.15, -0.1) is 0 Å². The molecule has 0 atom stereocenters. The largest absolute Gasteiger partial charge is 0.478 e. The number of nitrogens with two attached hydrogens (primary N) is 1. The van der Waals surface area contributed by atoms with Crippen LogP contribution >= 0.6 is 0 Å². The second-order valence-electron chi connectivity index (χ2n) is 5.22. The zero-order valence-electron chi connectivity index (χ0n) is 13.3. The van der Waals surface area contributed by atoms with Gasteiger partial charge in [-0.1, -0.05) is 36.4 Å². The van der Waals surface area contributed by atoms with Crippen molar-refractivity contribution in [3.8, 4) is 17.1 Å². The summed E-state index contributed by atoms with van der Waals surface area (Å²) in [5.41, 5.74) is 8.10. The lowest BCUT2D eigenvalue weighted by Crippen LogP contribution is -2.11. The van der Waals surface area contributed by atoms with E-state index in [4.69, 9.17) is 10.5 Å². The van der Waals surface area contributed by atoms with E-state index in [1.165, 1.54) is 0 Å². The SMILES string of the molecule is CCOc1cccc(Cn2cc(C(N)=O)c(-c3ccccc3)n2)n1. The van der Waals surface area contributed by atoms with Crippen LogP contribution in [0.3, 0.4) is 0 Å². The van der Waals surface area contributed by atoms with Crippen molar-refractivity contribution in [3.63, 3.8) is 0 Å². The van der Waals surface area contributed by atoms with Crippen LogP contribution in [0, 0.1) is 0 Å². The highest BCUT2D eigenvalue weighted by Crippen LogP contribution is 2.22. The van der Waals surface area contributed by atoms with Crippen molar-refractivity contribution in [2.45, 2.75) is 13.5 Å². The lowest BCUT2D eigenvalue weighted by atomic mass is 10.1. The van der Waals surface area contributed by atoms with Gasteiger partial charge >= 0.3 is 0 Å². The molecule has 1 amide bonds. The van der Waals surface area contributed by atoms with Crippen LogP contribution in [0.2, 0.25) is 0 Å². The van der Waals surface area contributed by atoms with Gasteiger partial charge in [-0.3, -0.25) is 9.48 Å². The summed E-state index contributed by atoms with van der Waals surface area (Å²) in [7, 11) is 0. The average Bonchev–Trinajstić information content (AvgIpc) is 3.00.